The molecule has 0 saturated carbocycles. The van der Waals surface area contributed by atoms with Gasteiger partial charge >= 0.3 is 0 Å². The highest BCUT2D eigenvalue weighted by Gasteiger charge is 2.16. The van der Waals surface area contributed by atoms with Crippen molar-refractivity contribution in [2.24, 2.45) is 0 Å². The van der Waals surface area contributed by atoms with E-state index in [2.05, 4.69) is 12.1 Å². The van der Waals surface area contributed by atoms with E-state index in [9.17, 15) is 4.79 Å². The number of likely N-dealkylation sites (tertiary alicyclic amines) is 1. The number of carbonyl (C=O) groups is 1. The van der Waals surface area contributed by atoms with Gasteiger partial charge in [0, 0.05) is 19.5 Å². The van der Waals surface area contributed by atoms with Crippen LogP contribution < -0.4 is 4.74 Å². The predicted octanol–water partition coefficient (Wildman–Crippen LogP) is 4.59. The van der Waals surface area contributed by atoms with E-state index >= 15 is 0 Å². The monoisotopic (exact) mass is 317 g/mol. The predicted molar refractivity (Wildman–Crippen MR) is 94.8 cm³/mol. The molecule has 128 valence electrons. The number of ether oxygens (including phenoxy) is 1. The number of methoxy groups -OCH3 is 1. The molecule has 23 heavy (non-hydrogen) atoms. The van der Waals surface area contributed by atoms with Gasteiger partial charge in [-0.3, -0.25) is 4.79 Å². The summed E-state index contributed by atoms with van der Waals surface area (Å²) in [5.41, 5.74) is 1.39. The van der Waals surface area contributed by atoms with Crippen molar-refractivity contribution in [2.75, 3.05) is 20.2 Å². The molecule has 0 aliphatic carbocycles. The van der Waals surface area contributed by atoms with Crippen molar-refractivity contribution >= 4 is 5.91 Å². The molecule has 1 amide bonds. The van der Waals surface area contributed by atoms with E-state index in [0.29, 0.717) is 5.91 Å². The Morgan fingerprint density at radius 2 is 1.57 bits per heavy atom. The van der Waals surface area contributed by atoms with E-state index in [1.54, 1.807) is 7.11 Å². The number of amides is 1. The molecule has 0 atom stereocenters. The molecule has 3 heteroatoms. The smallest absolute Gasteiger partial charge is 0.222 e. The van der Waals surface area contributed by atoms with Gasteiger partial charge in [0.05, 0.1) is 7.11 Å². The van der Waals surface area contributed by atoms with E-state index in [-0.39, 0.29) is 0 Å². The zero-order valence-electron chi connectivity index (χ0n) is 14.6. The fourth-order valence-electron chi connectivity index (χ4n) is 3.23. The van der Waals surface area contributed by atoms with Crippen molar-refractivity contribution in [3.05, 3.63) is 29.8 Å². The van der Waals surface area contributed by atoms with Crippen molar-refractivity contribution in [1.82, 2.24) is 4.90 Å². The van der Waals surface area contributed by atoms with Gasteiger partial charge in [-0.05, 0) is 49.8 Å². The first kappa shape index (κ1) is 17.8. The molecule has 0 bridgehead atoms. The summed E-state index contributed by atoms with van der Waals surface area (Å²) in [6, 6.07) is 8.38. The Balaban J connectivity index is 1.43. The number of aryl methyl sites for hydroxylation is 1. The van der Waals surface area contributed by atoms with Gasteiger partial charge in [-0.1, -0.05) is 37.8 Å². The number of benzene rings is 1. The summed E-state index contributed by atoms with van der Waals surface area (Å²) in [7, 11) is 1.70. The molecular weight excluding hydrogens is 286 g/mol. The second kappa shape index (κ2) is 10.3. The summed E-state index contributed by atoms with van der Waals surface area (Å²) in [4.78, 5) is 13.9. The normalized spacial score (nSPS) is 14.2. The van der Waals surface area contributed by atoms with Crippen LogP contribution in [0.5, 0.6) is 5.75 Å². The van der Waals surface area contributed by atoms with Crippen LogP contribution in [0, 0.1) is 0 Å². The van der Waals surface area contributed by atoms with Gasteiger partial charge in [0.2, 0.25) is 5.91 Å². The molecule has 0 N–H and O–H groups in total. The molecule has 0 aromatic heterocycles. The lowest BCUT2D eigenvalue weighted by atomic mass is 10.0. The third kappa shape index (κ3) is 6.64. The third-order valence-corrected chi connectivity index (χ3v) is 4.72. The fourth-order valence-corrected chi connectivity index (χ4v) is 3.23. The lowest BCUT2D eigenvalue weighted by Gasteiger charge is -2.14. The van der Waals surface area contributed by atoms with E-state index in [0.717, 1.165) is 38.1 Å². The van der Waals surface area contributed by atoms with E-state index in [4.69, 9.17) is 4.74 Å². The van der Waals surface area contributed by atoms with Gasteiger partial charge in [-0.15, -0.1) is 0 Å². The Bertz CT molecular complexity index is 449. The molecule has 0 spiro atoms. The molecule has 1 aromatic carbocycles. The quantitative estimate of drug-likeness (QED) is 0.591. The summed E-state index contributed by atoms with van der Waals surface area (Å²) < 4.78 is 5.17. The van der Waals surface area contributed by atoms with Crippen LogP contribution in [0.25, 0.3) is 0 Å². The van der Waals surface area contributed by atoms with Crippen LogP contribution >= 0.6 is 0 Å². The minimum absolute atomic E-state index is 0.377. The largest absolute Gasteiger partial charge is 0.497 e. The summed E-state index contributed by atoms with van der Waals surface area (Å²) >= 11 is 0. The average Bonchev–Trinajstić information content (AvgIpc) is 3.12. The first-order chi connectivity index (χ1) is 11.3. The molecule has 0 unspecified atom stereocenters. The van der Waals surface area contributed by atoms with E-state index in [1.807, 2.05) is 17.0 Å². The summed E-state index contributed by atoms with van der Waals surface area (Å²) in [6.07, 6.45) is 11.6. The maximum atomic E-state index is 11.9. The lowest BCUT2D eigenvalue weighted by Crippen LogP contribution is -2.27. The second-order valence-electron chi connectivity index (χ2n) is 6.56. The fraction of sp³-hybridized carbons (Fsp3) is 0.650. The summed E-state index contributed by atoms with van der Waals surface area (Å²) in [5.74, 6) is 1.30. The Labute approximate surface area is 141 Å². The van der Waals surface area contributed by atoms with Gasteiger partial charge < -0.3 is 9.64 Å². The van der Waals surface area contributed by atoms with Gasteiger partial charge in [-0.2, -0.15) is 0 Å². The molecule has 1 heterocycles. The highest BCUT2D eigenvalue weighted by molar-refractivity contribution is 5.76. The van der Waals surface area contributed by atoms with Crippen LogP contribution in [-0.4, -0.2) is 31.0 Å². The van der Waals surface area contributed by atoms with Crippen LogP contribution in [0.1, 0.15) is 63.4 Å². The molecule has 2 rings (SSSR count). The first-order valence-corrected chi connectivity index (χ1v) is 9.20. The molecular formula is C20H31NO2. The number of nitrogens with zero attached hydrogens (tertiary/aromatic N) is 1. The van der Waals surface area contributed by atoms with Crippen LogP contribution in [0.3, 0.4) is 0 Å². The highest BCUT2D eigenvalue weighted by Crippen LogP contribution is 2.15. The van der Waals surface area contributed by atoms with Crippen LogP contribution in [0.2, 0.25) is 0 Å². The zero-order valence-corrected chi connectivity index (χ0v) is 14.6. The maximum Gasteiger partial charge on any atom is 0.222 e. The van der Waals surface area contributed by atoms with Crippen LogP contribution in [-0.2, 0) is 11.2 Å². The summed E-state index contributed by atoms with van der Waals surface area (Å²) in [5, 5.41) is 0. The van der Waals surface area contributed by atoms with Gasteiger partial charge in [0.25, 0.3) is 0 Å². The molecule has 3 nitrogen and oxygen atoms in total. The number of rotatable bonds is 10. The van der Waals surface area contributed by atoms with E-state index in [1.165, 1.54) is 50.5 Å². The SMILES string of the molecule is COc1ccc(CCCCCCCCC(=O)N2CCCC2)cc1. The average molecular weight is 317 g/mol. The highest BCUT2D eigenvalue weighted by atomic mass is 16.5. The Hall–Kier alpha value is -1.51. The van der Waals surface area contributed by atoms with Gasteiger partial charge in [-0.25, -0.2) is 0 Å². The number of carbonyl (C=O) groups excluding carboxylic acids is 1. The van der Waals surface area contributed by atoms with Crippen molar-refractivity contribution in [3.8, 4) is 5.75 Å². The van der Waals surface area contributed by atoms with Crippen molar-refractivity contribution in [1.29, 1.82) is 0 Å². The topological polar surface area (TPSA) is 29.5 Å². The first-order valence-electron chi connectivity index (χ1n) is 9.20. The molecule has 1 fully saturated rings. The molecule has 1 aromatic rings. The standard InChI is InChI=1S/C20H31NO2/c1-23-19-14-12-18(13-15-19)10-6-4-2-3-5-7-11-20(22)21-16-8-9-17-21/h12-15H,2-11,16-17H2,1H3. The van der Waals surface area contributed by atoms with Gasteiger partial charge in [0.1, 0.15) is 5.75 Å². The van der Waals surface area contributed by atoms with Gasteiger partial charge in [0.15, 0.2) is 0 Å². The maximum absolute atomic E-state index is 11.9. The lowest BCUT2D eigenvalue weighted by molar-refractivity contribution is -0.130. The minimum atomic E-state index is 0.377. The molecule has 1 aliphatic rings. The van der Waals surface area contributed by atoms with Crippen LogP contribution in [0.15, 0.2) is 24.3 Å². The van der Waals surface area contributed by atoms with Crippen LogP contribution in [0.4, 0.5) is 0 Å². The number of unbranched alkanes of at least 4 members (excludes halogenated alkanes) is 5. The van der Waals surface area contributed by atoms with Crippen molar-refractivity contribution in [2.45, 2.75) is 64.2 Å². The summed E-state index contributed by atoms with van der Waals surface area (Å²) in [6.45, 7) is 1.98. The van der Waals surface area contributed by atoms with Crippen molar-refractivity contribution in [3.63, 3.8) is 0 Å². The molecule has 1 aliphatic heterocycles. The Kier molecular flexibility index (Phi) is 7.99. The molecule has 0 radical (unpaired) electrons. The van der Waals surface area contributed by atoms with Crippen molar-refractivity contribution < 1.29 is 9.53 Å². The number of hydrogen-bond acceptors (Lipinski definition) is 2. The minimum Gasteiger partial charge on any atom is -0.497 e. The number of hydrogen-bond donors (Lipinski definition) is 0. The Morgan fingerprint density at radius 3 is 2.22 bits per heavy atom. The second-order valence-corrected chi connectivity index (χ2v) is 6.56. The molecule has 1 saturated heterocycles. The third-order valence-electron chi connectivity index (χ3n) is 4.72. The zero-order chi connectivity index (χ0) is 16.3. The van der Waals surface area contributed by atoms with E-state index < -0.39 is 0 Å². The Morgan fingerprint density at radius 1 is 0.957 bits per heavy atom.